The van der Waals surface area contributed by atoms with Crippen molar-refractivity contribution in [1.29, 1.82) is 0 Å². The molecule has 1 heterocycles. The van der Waals surface area contributed by atoms with Crippen molar-refractivity contribution in [2.24, 2.45) is 0 Å². The maximum atomic E-state index is 10.5. The third-order valence-electron chi connectivity index (χ3n) is 2.15. The van der Waals surface area contributed by atoms with Gasteiger partial charge in [0.15, 0.2) is 5.69 Å². The summed E-state index contributed by atoms with van der Waals surface area (Å²) in [5, 5.41) is 19.4. The van der Waals surface area contributed by atoms with Gasteiger partial charge in [0.1, 0.15) is 6.20 Å². The molecule has 84 valence electrons. The lowest BCUT2D eigenvalue weighted by Crippen LogP contribution is -2.24. The van der Waals surface area contributed by atoms with E-state index in [1.54, 1.807) is 0 Å². The van der Waals surface area contributed by atoms with Gasteiger partial charge in [-0.3, -0.25) is 0 Å². The van der Waals surface area contributed by atoms with Gasteiger partial charge in [-0.1, -0.05) is 12.0 Å². The number of nitrogens with zero attached hydrogens (tertiary/aromatic N) is 3. The Morgan fingerprint density at radius 1 is 1.73 bits per heavy atom. The fourth-order valence-electron chi connectivity index (χ4n) is 1.09. The maximum absolute atomic E-state index is 10.5. The normalized spacial score (nSPS) is 10.6. The molecule has 0 aliphatic heterocycles. The van der Waals surface area contributed by atoms with Crippen molar-refractivity contribution < 1.29 is 4.92 Å². The summed E-state index contributed by atoms with van der Waals surface area (Å²) in [5.74, 6) is -0.0887. The topological polar surface area (TPSA) is 87.1 Å². The lowest BCUT2D eigenvalue weighted by atomic mass is 10.4. The molecule has 7 nitrogen and oxygen atoms in total. The molecule has 1 rings (SSSR count). The summed E-state index contributed by atoms with van der Waals surface area (Å²) in [4.78, 5) is 12.1. The zero-order valence-electron chi connectivity index (χ0n) is 8.86. The van der Waals surface area contributed by atoms with Gasteiger partial charge >= 0.3 is 5.82 Å². The molecule has 0 saturated heterocycles. The monoisotopic (exact) mass is 213 g/mol. The molecule has 0 fully saturated rings. The zero-order chi connectivity index (χ0) is 11.3. The molecule has 1 aromatic rings. The number of rotatable bonds is 6. The average molecular weight is 213 g/mol. The standard InChI is InChI=1S/C8H15N5O2/c1-3-12(2)5-4-9-7-6-10-11-8(7)13(14)15/h6,9H,3-5H2,1-2H3,(H,10,11). The van der Waals surface area contributed by atoms with Crippen LogP contribution in [0.5, 0.6) is 0 Å². The minimum absolute atomic E-state index is 0.0887. The lowest BCUT2D eigenvalue weighted by Gasteiger charge is -2.13. The summed E-state index contributed by atoms with van der Waals surface area (Å²) in [6.07, 6.45) is 1.42. The van der Waals surface area contributed by atoms with Crippen LogP contribution in [0.15, 0.2) is 6.20 Å². The molecule has 0 radical (unpaired) electrons. The van der Waals surface area contributed by atoms with E-state index in [1.807, 2.05) is 7.05 Å². The fourth-order valence-corrected chi connectivity index (χ4v) is 1.09. The number of hydrogen-bond acceptors (Lipinski definition) is 5. The first-order chi connectivity index (χ1) is 7.15. The molecule has 0 aromatic carbocycles. The number of H-pyrrole nitrogens is 1. The van der Waals surface area contributed by atoms with Gasteiger partial charge in [0.2, 0.25) is 0 Å². The highest BCUT2D eigenvalue weighted by Crippen LogP contribution is 2.18. The number of likely N-dealkylation sites (N-methyl/N-ethyl adjacent to an activating group) is 1. The second-order valence-electron chi connectivity index (χ2n) is 3.21. The van der Waals surface area contributed by atoms with Crippen molar-refractivity contribution >= 4 is 11.5 Å². The van der Waals surface area contributed by atoms with E-state index in [9.17, 15) is 10.1 Å². The van der Waals surface area contributed by atoms with Crippen molar-refractivity contribution in [2.45, 2.75) is 6.92 Å². The predicted octanol–water partition coefficient (Wildman–Crippen LogP) is 0.682. The SMILES string of the molecule is CCN(C)CCNc1cn[nH]c1[N+](=O)[O-]. The number of aromatic nitrogens is 2. The lowest BCUT2D eigenvalue weighted by molar-refractivity contribution is -0.388. The van der Waals surface area contributed by atoms with Crippen LogP contribution in [0.2, 0.25) is 0 Å². The van der Waals surface area contributed by atoms with Crippen molar-refractivity contribution in [2.75, 3.05) is 32.0 Å². The van der Waals surface area contributed by atoms with Crippen molar-refractivity contribution in [3.8, 4) is 0 Å². The molecule has 2 N–H and O–H groups in total. The van der Waals surface area contributed by atoms with E-state index in [-0.39, 0.29) is 5.82 Å². The Bertz CT molecular complexity index is 325. The fraction of sp³-hybridized carbons (Fsp3) is 0.625. The molecule has 0 atom stereocenters. The summed E-state index contributed by atoms with van der Waals surface area (Å²) in [5.41, 5.74) is 0.435. The Balaban J connectivity index is 2.44. The van der Waals surface area contributed by atoms with E-state index < -0.39 is 4.92 Å². The second kappa shape index (κ2) is 5.30. The average Bonchev–Trinajstić information content (AvgIpc) is 2.65. The molecule has 0 spiro atoms. The van der Waals surface area contributed by atoms with Gasteiger partial charge in [-0.05, 0) is 18.5 Å². The maximum Gasteiger partial charge on any atom is 0.366 e. The molecule has 0 unspecified atom stereocenters. The van der Waals surface area contributed by atoms with Gasteiger partial charge in [-0.25, -0.2) is 0 Å². The third-order valence-corrected chi connectivity index (χ3v) is 2.15. The Labute approximate surface area is 87.6 Å². The molecular formula is C8H15N5O2. The summed E-state index contributed by atoms with van der Waals surface area (Å²) >= 11 is 0. The van der Waals surface area contributed by atoms with Crippen LogP contribution in [0.25, 0.3) is 0 Å². The van der Waals surface area contributed by atoms with E-state index in [1.165, 1.54) is 6.20 Å². The van der Waals surface area contributed by atoms with Crippen LogP contribution in [-0.2, 0) is 0 Å². The first-order valence-corrected chi connectivity index (χ1v) is 4.75. The minimum atomic E-state index is -0.487. The quantitative estimate of drug-likeness (QED) is 0.536. The van der Waals surface area contributed by atoms with E-state index in [0.717, 1.165) is 13.1 Å². The first-order valence-electron chi connectivity index (χ1n) is 4.75. The smallest absolute Gasteiger partial charge is 0.366 e. The van der Waals surface area contributed by atoms with E-state index in [0.29, 0.717) is 12.2 Å². The molecular weight excluding hydrogens is 198 g/mol. The zero-order valence-corrected chi connectivity index (χ0v) is 8.86. The van der Waals surface area contributed by atoms with E-state index in [4.69, 9.17) is 0 Å². The first kappa shape index (κ1) is 11.4. The molecule has 0 saturated carbocycles. The van der Waals surface area contributed by atoms with Crippen molar-refractivity contribution in [3.63, 3.8) is 0 Å². The number of nitrogens with one attached hydrogen (secondary N) is 2. The van der Waals surface area contributed by atoms with Gasteiger partial charge in [-0.2, -0.15) is 0 Å². The van der Waals surface area contributed by atoms with E-state index in [2.05, 4.69) is 27.3 Å². The molecule has 0 aliphatic carbocycles. The molecule has 7 heteroatoms. The minimum Gasteiger partial charge on any atom is -0.376 e. The van der Waals surface area contributed by atoms with Crippen molar-refractivity contribution in [3.05, 3.63) is 16.3 Å². The summed E-state index contributed by atoms with van der Waals surface area (Å²) < 4.78 is 0. The Hall–Kier alpha value is -1.63. The highest BCUT2D eigenvalue weighted by atomic mass is 16.6. The molecule has 0 amide bonds. The summed E-state index contributed by atoms with van der Waals surface area (Å²) in [6, 6.07) is 0. The van der Waals surface area contributed by atoms with Crippen LogP contribution in [0.1, 0.15) is 6.92 Å². The van der Waals surface area contributed by atoms with Gasteiger partial charge < -0.3 is 20.3 Å². The molecule has 0 bridgehead atoms. The second-order valence-corrected chi connectivity index (χ2v) is 3.21. The van der Waals surface area contributed by atoms with Crippen LogP contribution < -0.4 is 5.32 Å². The van der Waals surface area contributed by atoms with Gasteiger partial charge in [0, 0.05) is 13.1 Å². The number of nitro groups is 1. The Morgan fingerprint density at radius 2 is 2.47 bits per heavy atom. The number of anilines is 1. The number of aromatic amines is 1. The van der Waals surface area contributed by atoms with Crippen molar-refractivity contribution in [1.82, 2.24) is 15.1 Å². The molecule has 0 aliphatic rings. The molecule has 15 heavy (non-hydrogen) atoms. The van der Waals surface area contributed by atoms with E-state index >= 15 is 0 Å². The highest BCUT2D eigenvalue weighted by Gasteiger charge is 2.13. The van der Waals surface area contributed by atoms with Gasteiger partial charge in [-0.15, -0.1) is 5.10 Å². The predicted molar refractivity (Wildman–Crippen MR) is 56.9 cm³/mol. The van der Waals surface area contributed by atoms with Crippen LogP contribution >= 0.6 is 0 Å². The van der Waals surface area contributed by atoms with Crippen LogP contribution in [-0.4, -0.2) is 46.7 Å². The Kier molecular flexibility index (Phi) is 4.04. The summed E-state index contributed by atoms with van der Waals surface area (Å²) in [6.45, 7) is 4.50. The van der Waals surface area contributed by atoms with Crippen LogP contribution in [0.4, 0.5) is 11.5 Å². The molecule has 1 aromatic heterocycles. The van der Waals surface area contributed by atoms with Gasteiger partial charge in [0.25, 0.3) is 0 Å². The highest BCUT2D eigenvalue weighted by molar-refractivity contribution is 5.55. The van der Waals surface area contributed by atoms with Crippen LogP contribution in [0, 0.1) is 10.1 Å². The third kappa shape index (κ3) is 3.21. The van der Waals surface area contributed by atoms with Gasteiger partial charge in [0.05, 0.1) is 0 Å². The number of hydrogen-bond donors (Lipinski definition) is 2. The Morgan fingerprint density at radius 3 is 3.07 bits per heavy atom. The van der Waals surface area contributed by atoms with Crippen LogP contribution in [0.3, 0.4) is 0 Å². The largest absolute Gasteiger partial charge is 0.376 e. The summed E-state index contributed by atoms with van der Waals surface area (Å²) in [7, 11) is 1.99.